The van der Waals surface area contributed by atoms with Crippen molar-refractivity contribution in [2.24, 2.45) is 0 Å². The number of anilines is 1. The smallest absolute Gasteiger partial charge is 0.148 e. The number of terminal acetylenes is 1. The highest BCUT2D eigenvalue weighted by Gasteiger charge is 2.05. The number of aryl methyl sites for hydroxylation is 1. The third-order valence-corrected chi connectivity index (χ3v) is 3.52. The molecular formula is C17H16BrNO2. The van der Waals surface area contributed by atoms with Gasteiger partial charge in [0.1, 0.15) is 18.1 Å². The molecule has 0 saturated heterocycles. The summed E-state index contributed by atoms with van der Waals surface area (Å²) in [6.07, 6.45) is 5.22. The van der Waals surface area contributed by atoms with E-state index in [0.717, 1.165) is 27.0 Å². The van der Waals surface area contributed by atoms with Gasteiger partial charge in [0.15, 0.2) is 0 Å². The second kappa shape index (κ2) is 7.05. The number of hydrogen-bond donors (Lipinski definition) is 2. The fourth-order valence-corrected chi connectivity index (χ4v) is 2.27. The fourth-order valence-electron chi connectivity index (χ4n) is 1.86. The Kier molecular flexibility index (Phi) is 5.13. The Morgan fingerprint density at radius 2 is 2.10 bits per heavy atom. The molecule has 2 rings (SSSR count). The Morgan fingerprint density at radius 3 is 2.81 bits per heavy atom. The first-order chi connectivity index (χ1) is 10.1. The van der Waals surface area contributed by atoms with E-state index in [1.807, 2.05) is 37.3 Å². The zero-order valence-electron chi connectivity index (χ0n) is 11.7. The topological polar surface area (TPSA) is 41.5 Å². The second-order valence-electron chi connectivity index (χ2n) is 4.60. The van der Waals surface area contributed by atoms with Gasteiger partial charge in [-0.1, -0.05) is 27.9 Å². The molecule has 3 nitrogen and oxygen atoms in total. The van der Waals surface area contributed by atoms with Gasteiger partial charge < -0.3 is 15.2 Å². The van der Waals surface area contributed by atoms with Gasteiger partial charge in [0.2, 0.25) is 0 Å². The highest BCUT2D eigenvalue weighted by atomic mass is 79.9. The third kappa shape index (κ3) is 4.17. The summed E-state index contributed by atoms with van der Waals surface area (Å²) >= 11 is 3.45. The predicted octanol–water partition coefficient (Wildman–Crippen LogP) is 4.09. The van der Waals surface area contributed by atoms with Crippen molar-refractivity contribution in [2.75, 3.05) is 11.9 Å². The van der Waals surface area contributed by atoms with Crippen molar-refractivity contribution in [1.82, 2.24) is 0 Å². The van der Waals surface area contributed by atoms with Crippen molar-refractivity contribution in [3.05, 3.63) is 52.0 Å². The molecule has 2 N–H and O–H groups in total. The number of hydrogen-bond acceptors (Lipinski definition) is 3. The average Bonchev–Trinajstić information content (AvgIpc) is 2.47. The first-order valence-electron chi connectivity index (χ1n) is 6.48. The van der Waals surface area contributed by atoms with Crippen LogP contribution in [0.4, 0.5) is 5.69 Å². The lowest BCUT2D eigenvalue weighted by Crippen LogP contribution is -2.04. The molecule has 0 unspecified atom stereocenters. The van der Waals surface area contributed by atoms with Crippen molar-refractivity contribution in [3.8, 4) is 23.8 Å². The molecule has 108 valence electrons. The van der Waals surface area contributed by atoms with Crippen LogP contribution in [0.5, 0.6) is 11.5 Å². The molecule has 2 aromatic carbocycles. The molecule has 2 aromatic rings. The van der Waals surface area contributed by atoms with Crippen LogP contribution < -0.4 is 10.1 Å². The molecule has 0 spiro atoms. The number of benzene rings is 2. The molecule has 0 aromatic heterocycles. The summed E-state index contributed by atoms with van der Waals surface area (Å²) in [6, 6.07) is 11.3. The van der Waals surface area contributed by atoms with E-state index in [-0.39, 0.29) is 12.4 Å². The number of rotatable bonds is 5. The van der Waals surface area contributed by atoms with Gasteiger partial charge >= 0.3 is 0 Å². The van der Waals surface area contributed by atoms with Crippen molar-refractivity contribution in [3.63, 3.8) is 0 Å². The molecule has 0 amide bonds. The SMILES string of the molecule is C#CCOc1ccc(Br)cc1CNc1ccc(C)c(O)c1. The molecule has 0 aliphatic rings. The Labute approximate surface area is 133 Å². The molecule has 0 heterocycles. The lowest BCUT2D eigenvalue weighted by Gasteiger charge is -2.12. The molecule has 0 aliphatic carbocycles. The molecule has 0 fully saturated rings. The van der Waals surface area contributed by atoms with E-state index in [9.17, 15) is 5.11 Å². The van der Waals surface area contributed by atoms with Crippen LogP contribution in [0, 0.1) is 19.3 Å². The lowest BCUT2D eigenvalue weighted by molar-refractivity contribution is 0.366. The van der Waals surface area contributed by atoms with Gasteiger partial charge in [-0.05, 0) is 36.8 Å². The minimum absolute atomic E-state index is 0.236. The second-order valence-corrected chi connectivity index (χ2v) is 5.52. The molecule has 0 radical (unpaired) electrons. The molecule has 0 aliphatic heterocycles. The van der Waals surface area contributed by atoms with Crippen molar-refractivity contribution < 1.29 is 9.84 Å². The zero-order chi connectivity index (χ0) is 15.2. The van der Waals surface area contributed by atoms with Crippen LogP contribution >= 0.6 is 15.9 Å². The fraction of sp³-hybridized carbons (Fsp3) is 0.176. The Balaban J connectivity index is 2.13. The van der Waals surface area contributed by atoms with Gasteiger partial charge in [0.25, 0.3) is 0 Å². The predicted molar refractivity (Wildman–Crippen MR) is 88.6 cm³/mol. The van der Waals surface area contributed by atoms with Crippen LogP contribution in [-0.2, 0) is 6.54 Å². The van der Waals surface area contributed by atoms with E-state index in [1.165, 1.54) is 0 Å². The standard InChI is InChI=1S/C17H16BrNO2/c1-3-8-21-17-7-5-14(18)9-13(17)11-19-15-6-4-12(2)16(20)10-15/h1,4-7,9-10,19-20H,8,11H2,2H3. The van der Waals surface area contributed by atoms with Gasteiger partial charge in [-0.2, -0.15) is 0 Å². The molecule has 21 heavy (non-hydrogen) atoms. The van der Waals surface area contributed by atoms with Crippen molar-refractivity contribution >= 4 is 21.6 Å². The molecule has 0 bridgehead atoms. The number of phenols is 1. The molecule has 0 saturated carbocycles. The summed E-state index contributed by atoms with van der Waals surface area (Å²) in [6.45, 7) is 2.67. The van der Waals surface area contributed by atoms with Gasteiger partial charge in [0.05, 0.1) is 0 Å². The third-order valence-electron chi connectivity index (χ3n) is 3.03. The summed E-state index contributed by atoms with van der Waals surface area (Å²) in [4.78, 5) is 0. The maximum absolute atomic E-state index is 9.72. The van der Waals surface area contributed by atoms with Crippen molar-refractivity contribution in [1.29, 1.82) is 0 Å². The summed E-state index contributed by atoms with van der Waals surface area (Å²) in [5.41, 5.74) is 2.68. The maximum atomic E-state index is 9.72. The van der Waals surface area contributed by atoms with E-state index in [4.69, 9.17) is 11.2 Å². The molecule has 0 atom stereocenters. The largest absolute Gasteiger partial charge is 0.508 e. The molecular weight excluding hydrogens is 330 g/mol. The lowest BCUT2D eigenvalue weighted by atomic mass is 10.1. The van der Waals surface area contributed by atoms with Gasteiger partial charge in [-0.15, -0.1) is 6.42 Å². The van der Waals surface area contributed by atoms with Crippen molar-refractivity contribution in [2.45, 2.75) is 13.5 Å². The number of nitrogens with one attached hydrogen (secondary N) is 1. The highest BCUT2D eigenvalue weighted by molar-refractivity contribution is 9.10. The Hall–Kier alpha value is -2.12. The molecule has 4 heteroatoms. The van der Waals surface area contributed by atoms with E-state index < -0.39 is 0 Å². The quantitative estimate of drug-likeness (QED) is 0.802. The van der Waals surface area contributed by atoms with Crippen LogP contribution in [-0.4, -0.2) is 11.7 Å². The van der Waals surface area contributed by atoms with Crippen LogP contribution in [0.25, 0.3) is 0 Å². The highest BCUT2D eigenvalue weighted by Crippen LogP contribution is 2.26. The summed E-state index contributed by atoms with van der Waals surface area (Å²) < 4.78 is 6.50. The summed E-state index contributed by atoms with van der Waals surface area (Å²) in [5, 5.41) is 13.0. The summed E-state index contributed by atoms with van der Waals surface area (Å²) in [7, 11) is 0. The van der Waals surface area contributed by atoms with Crippen LogP contribution in [0.15, 0.2) is 40.9 Å². The van der Waals surface area contributed by atoms with E-state index in [2.05, 4.69) is 27.2 Å². The first-order valence-corrected chi connectivity index (χ1v) is 7.27. The Bertz CT molecular complexity index is 677. The van der Waals surface area contributed by atoms with Crippen LogP contribution in [0.3, 0.4) is 0 Å². The van der Waals surface area contributed by atoms with Crippen LogP contribution in [0.2, 0.25) is 0 Å². The van der Waals surface area contributed by atoms with Crippen LogP contribution in [0.1, 0.15) is 11.1 Å². The zero-order valence-corrected chi connectivity index (χ0v) is 13.3. The summed E-state index contributed by atoms with van der Waals surface area (Å²) in [5.74, 6) is 3.48. The average molecular weight is 346 g/mol. The first kappa shape index (κ1) is 15.3. The Morgan fingerprint density at radius 1 is 1.29 bits per heavy atom. The minimum atomic E-state index is 0.236. The van der Waals surface area contributed by atoms with E-state index in [0.29, 0.717) is 6.54 Å². The number of phenolic OH excluding ortho intramolecular Hbond substituents is 1. The number of halogens is 1. The number of ether oxygens (including phenoxy) is 1. The monoisotopic (exact) mass is 345 g/mol. The van der Waals surface area contributed by atoms with Gasteiger partial charge in [-0.25, -0.2) is 0 Å². The van der Waals surface area contributed by atoms with Gasteiger partial charge in [-0.3, -0.25) is 0 Å². The van der Waals surface area contributed by atoms with E-state index in [1.54, 1.807) is 6.07 Å². The van der Waals surface area contributed by atoms with Gasteiger partial charge in [0, 0.05) is 28.3 Å². The maximum Gasteiger partial charge on any atom is 0.148 e. The minimum Gasteiger partial charge on any atom is -0.508 e. The van der Waals surface area contributed by atoms with E-state index >= 15 is 0 Å². The normalized spacial score (nSPS) is 9.95. The number of aromatic hydroxyl groups is 1.